The van der Waals surface area contributed by atoms with Gasteiger partial charge >= 0.3 is 6.18 Å². The van der Waals surface area contributed by atoms with Crippen LogP contribution >= 0.6 is 0 Å². The van der Waals surface area contributed by atoms with Gasteiger partial charge in [0.15, 0.2) is 9.84 Å². The number of hydrogen-bond donors (Lipinski definition) is 1. The Morgan fingerprint density at radius 2 is 2.03 bits per heavy atom. The zero-order valence-corrected chi connectivity index (χ0v) is 21.0. The van der Waals surface area contributed by atoms with Crippen molar-refractivity contribution in [1.29, 1.82) is 0 Å². The number of benzene rings is 1. The van der Waals surface area contributed by atoms with E-state index >= 15 is 0 Å². The summed E-state index contributed by atoms with van der Waals surface area (Å²) in [7, 11) is -2.29. The Labute approximate surface area is 204 Å². The number of hydrogen-bond acceptors (Lipinski definition) is 6. The van der Waals surface area contributed by atoms with E-state index in [0.717, 1.165) is 31.0 Å². The highest BCUT2D eigenvalue weighted by Crippen LogP contribution is 2.47. The van der Waals surface area contributed by atoms with Gasteiger partial charge in [-0.15, -0.1) is 0 Å². The first-order chi connectivity index (χ1) is 16.4. The fourth-order valence-electron chi connectivity index (χ4n) is 5.78. The normalized spacial score (nSPS) is 30.9. The van der Waals surface area contributed by atoms with Gasteiger partial charge < -0.3 is 19.7 Å². The maximum Gasteiger partial charge on any atom is 0.416 e. The number of methoxy groups -OCH3 is 1. The van der Waals surface area contributed by atoms with Gasteiger partial charge in [0, 0.05) is 32.3 Å². The Balaban J connectivity index is 1.56. The molecular formula is C24H33F3N2O5S. The summed E-state index contributed by atoms with van der Waals surface area (Å²) in [6.45, 7) is 4.86. The molecule has 0 spiro atoms. The molecule has 3 aliphatic rings. The van der Waals surface area contributed by atoms with Crippen LogP contribution in [0.1, 0.15) is 50.7 Å². The molecule has 0 bridgehead atoms. The van der Waals surface area contributed by atoms with E-state index in [1.165, 1.54) is 4.90 Å². The summed E-state index contributed by atoms with van der Waals surface area (Å²) in [4.78, 5) is 15.0. The molecule has 2 heterocycles. The molecule has 196 valence electrons. The van der Waals surface area contributed by atoms with Crippen molar-refractivity contribution in [3.05, 3.63) is 29.3 Å². The maximum absolute atomic E-state index is 13.9. The third-order valence-electron chi connectivity index (χ3n) is 7.83. The Kier molecular flexibility index (Phi) is 7.27. The molecule has 2 fully saturated rings. The van der Waals surface area contributed by atoms with Crippen LogP contribution in [0.4, 0.5) is 13.2 Å². The first-order valence-corrected chi connectivity index (χ1v) is 13.6. The van der Waals surface area contributed by atoms with Crippen molar-refractivity contribution in [2.45, 2.75) is 75.3 Å². The molecular weight excluding hydrogens is 485 g/mol. The topological polar surface area (TPSA) is 84.9 Å². The summed E-state index contributed by atoms with van der Waals surface area (Å²) in [5, 5.41) is 3.62. The fraction of sp³-hybridized carbons (Fsp3) is 0.708. The average molecular weight is 519 g/mol. The minimum absolute atomic E-state index is 0.0103. The van der Waals surface area contributed by atoms with Gasteiger partial charge in [0.1, 0.15) is 5.88 Å². The summed E-state index contributed by atoms with van der Waals surface area (Å²) in [6.07, 6.45) is -2.04. The van der Waals surface area contributed by atoms with Crippen LogP contribution in [0.15, 0.2) is 23.1 Å². The Morgan fingerprint density at radius 1 is 1.29 bits per heavy atom. The molecule has 35 heavy (non-hydrogen) atoms. The second-order valence-corrected chi connectivity index (χ2v) is 12.2. The lowest BCUT2D eigenvalue weighted by Crippen LogP contribution is -2.52. The average Bonchev–Trinajstić information content (AvgIpc) is 3.22. The molecule has 1 saturated carbocycles. The van der Waals surface area contributed by atoms with E-state index in [-0.39, 0.29) is 47.0 Å². The molecule has 1 N–H and O–H groups in total. The summed E-state index contributed by atoms with van der Waals surface area (Å²) in [5.74, 6) is -0.901. The van der Waals surface area contributed by atoms with Gasteiger partial charge in [-0.2, -0.15) is 13.2 Å². The van der Waals surface area contributed by atoms with Crippen LogP contribution in [0.2, 0.25) is 0 Å². The molecule has 1 aromatic rings. The summed E-state index contributed by atoms with van der Waals surface area (Å²) < 4.78 is 76.6. The Bertz CT molecular complexity index is 1060. The molecule has 1 saturated heterocycles. The minimum Gasteiger partial charge on any atom is -0.379 e. The number of nitrogens with zero attached hydrogens (tertiary/aromatic N) is 1. The fourth-order valence-corrected chi connectivity index (χ4v) is 7.33. The molecule has 7 nitrogen and oxygen atoms in total. The lowest BCUT2D eigenvalue weighted by Gasteiger charge is -2.40. The monoisotopic (exact) mass is 518 g/mol. The van der Waals surface area contributed by atoms with Crippen LogP contribution in [0, 0.1) is 11.3 Å². The molecule has 1 amide bonds. The molecule has 4 atom stereocenters. The van der Waals surface area contributed by atoms with Crippen molar-refractivity contribution in [3.8, 4) is 0 Å². The third-order valence-corrected chi connectivity index (χ3v) is 9.55. The molecule has 11 heteroatoms. The second-order valence-electron chi connectivity index (χ2n) is 10.2. The highest BCUT2D eigenvalue weighted by atomic mass is 32.2. The van der Waals surface area contributed by atoms with Crippen LogP contribution in [0.3, 0.4) is 0 Å². The number of carbonyl (C=O) groups is 1. The number of sulfone groups is 1. The van der Waals surface area contributed by atoms with E-state index < -0.39 is 32.9 Å². The summed E-state index contributed by atoms with van der Waals surface area (Å²) in [6, 6.07) is 2.78. The van der Waals surface area contributed by atoms with Gasteiger partial charge in [-0.25, -0.2) is 8.42 Å². The van der Waals surface area contributed by atoms with Crippen molar-refractivity contribution >= 4 is 15.7 Å². The smallest absolute Gasteiger partial charge is 0.379 e. The van der Waals surface area contributed by atoms with Gasteiger partial charge in [-0.05, 0) is 55.4 Å². The Morgan fingerprint density at radius 3 is 2.69 bits per heavy atom. The van der Waals surface area contributed by atoms with E-state index in [9.17, 15) is 26.4 Å². The highest BCUT2D eigenvalue weighted by Gasteiger charge is 2.51. The second kappa shape index (κ2) is 9.64. The molecule has 0 aromatic heterocycles. The quantitative estimate of drug-likeness (QED) is 0.644. The highest BCUT2D eigenvalue weighted by molar-refractivity contribution is 7.91. The number of halogens is 3. The van der Waals surface area contributed by atoms with E-state index in [1.807, 2.05) is 13.8 Å². The molecule has 1 aromatic carbocycles. The summed E-state index contributed by atoms with van der Waals surface area (Å²) >= 11 is 0. The molecule has 2 aliphatic heterocycles. The standard InChI is InChI=1S/C24H33F3N2O5S/c1-15(2)23(8-6-18(11-23)28-19-7-9-34-13-20(19)33-3)22(30)29-12-16-10-17(24(25,26)27)4-5-21(16)35(31,32)14-29/h4-5,10,15,18-20,28H,6-9,11-14H2,1-3H3/t18-,19+,20-,23+/m1/s1. The predicted octanol–water partition coefficient (Wildman–Crippen LogP) is 3.37. The Hall–Kier alpha value is -1.69. The van der Waals surface area contributed by atoms with Crippen LogP contribution in [0.5, 0.6) is 0 Å². The number of rotatable bonds is 5. The predicted molar refractivity (Wildman–Crippen MR) is 122 cm³/mol. The van der Waals surface area contributed by atoms with Gasteiger partial charge in [0.25, 0.3) is 0 Å². The van der Waals surface area contributed by atoms with Crippen LogP contribution in [0.25, 0.3) is 0 Å². The number of ether oxygens (including phenoxy) is 2. The minimum atomic E-state index is -4.60. The molecule has 0 unspecified atom stereocenters. The van der Waals surface area contributed by atoms with Gasteiger partial charge in [0.05, 0.1) is 28.6 Å². The van der Waals surface area contributed by atoms with Gasteiger partial charge in [0.2, 0.25) is 5.91 Å². The lowest BCUT2D eigenvalue weighted by atomic mass is 9.74. The number of amides is 1. The van der Waals surface area contributed by atoms with Crippen molar-refractivity contribution in [2.24, 2.45) is 11.3 Å². The van der Waals surface area contributed by atoms with Gasteiger partial charge in [-0.1, -0.05) is 13.8 Å². The number of fused-ring (bicyclic) bond motifs is 1. The maximum atomic E-state index is 13.9. The molecule has 4 rings (SSSR count). The number of carbonyl (C=O) groups excluding carboxylic acids is 1. The molecule has 1 aliphatic carbocycles. The van der Waals surface area contributed by atoms with E-state index in [0.29, 0.717) is 26.1 Å². The first kappa shape index (κ1) is 26.4. The largest absolute Gasteiger partial charge is 0.416 e. The third kappa shape index (κ3) is 5.10. The van der Waals surface area contributed by atoms with E-state index in [1.54, 1.807) is 7.11 Å². The van der Waals surface area contributed by atoms with Crippen molar-refractivity contribution in [1.82, 2.24) is 10.2 Å². The SMILES string of the molecule is CO[C@@H]1COCC[C@@H]1N[C@@H]1CC[C@@](C(=O)N2Cc3cc(C(F)(F)F)ccc3S(=O)(=O)C2)(C(C)C)C1. The molecule has 0 radical (unpaired) electrons. The zero-order valence-electron chi connectivity index (χ0n) is 20.2. The van der Waals surface area contributed by atoms with E-state index in [4.69, 9.17) is 9.47 Å². The van der Waals surface area contributed by atoms with Crippen LogP contribution in [-0.2, 0) is 36.8 Å². The van der Waals surface area contributed by atoms with Gasteiger partial charge in [-0.3, -0.25) is 4.79 Å². The van der Waals surface area contributed by atoms with Crippen LogP contribution < -0.4 is 5.32 Å². The first-order valence-electron chi connectivity index (χ1n) is 12.0. The lowest BCUT2D eigenvalue weighted by molar-refractivity contribution is -0.144. The van der Waals surface area contributed by atoms with Crippen LogP contribution in [-0.4, -0.2) is 63.6 Å². The zero-order chi connectivity index (χ0) is 25.6. The van der Waals surface area contributed by atoms with E-state index in [2.05, 4.69) is 5.32 Å². The number of alkyl halides is 3. The van der Waals surface area contributed by atoms with Crippen molar-refractivity contribution in [2.75, 3.05) is 26.2 Å². The van der Waals surface area contributed by atoms with Crippen molar-refractivity contribution in [3.63, 3.8) is 0 Å². The number of nitrogens with one attached hydrogen (secondary N) is 1. The summed E-state index contributed by atoms with van der Waals surface area (Å²) in [5.41, 5.74) is -1.70. The van der Waals surface area contributed by atoms with Crippen molar-refractivity contribution < 1.29 is 35.9 Å².